The fourth-order valence-corrected chi connectivity index (χ4v) is 4.04. The molecule has 2 aromatic heterocycles. The van der Waals surface area contributed by atoms with Gasteiger partial charge in [-0.15, -0.1) is 0 Å². The number of carbonyl (C=O) groups is 2. The summed E-state index contributed by atoms with van der Waals surface area (Å²) in [5.74, 6) is 0.690. The van der Waals surface area contributed by atoms with Crippen LogP contribution in [0.25, 0.3) is 0 Å². The number of carbonyl (C=O) groups excluding carboxylic acids is 2. The molecule has 0 bridgehead atoms. The summed E-state index contributed by atoms with van der Waals surface area (Å²) in [7, 11) is 1.26. The molecule has 0 aliphatic heterocycles. The van der Waals surface area contributed by atoms with Gasteiger partial charge in [0.15, 0.2) is 0 Å². The van der Waals surface area contributed by atoms with Crippen LogP contribution in [0.1, 0.15) is 31.7 Å². The zero-order chi connectivity index (χ0) is 23.4. The minimum atomic E-state index is -0.603. The normalized spacial score (nSPS) is 10.6. The molecule has 0 saturated heterocycles. The number of methoxy groups -OCH3 is 1. The van der Waals surface area contributed by atoms with Gasteiger partial charge >= 0.3 is 10.8 Å². The molecule has 0 spiro atoms. The summed E-state index contributed by atoms with van der Waals surface area (Å²) < 4.78 is 17.3. The Hall–Kier alpha value is -4.11. The van der Waals surface area contributed by atoms with Crippen molar-refractivity contribution in [2.75, 3.05) is 12.4 Å². The highest BCUT2D eigenvalue weighted by Gasteiger charge is 2.20. The molecule has 1 N–H and O–H groups in total. The van der Waals surface area contributed by atoms with Crippen LogP contribution in [0.4, 0.5) is 5.69 Å². The number of thiazole rings is 1. The van der Waals surface area contributed by atoms with Crippen molar-refractivity contribution in [3.8, 4) is 11.5 Å². The Kier molecular flexibility index (Phi) is 6.41. The van der Waals surface area contributed by atoms with E-state index in [1.54, 1.807) is 37.3 Å². The maximum atomic E-state index is 12.9. The van der Waals surface area contributed by atoms with Gasteiger partial charge in [0.05, 0.1) is 13.7 Å². The van der Waals surface area contributed by atoms with Gasteiger partial charge < -0.3 is 19.2 Å². The number of nitrogens with one attached hydrogen (secondary N) is 1. The zero-order valence-electron chi connectivity index (χ0n) is 17.9. The van der Waals surface area contributed by atoms with E-state index in [9.17, 15) is 14.4 Å². The van der Waals surface area contributed by atoms with E-state index in [0.29, 0.717) is 28.6 Å². The van der Waals surface area contributed by atoms with Crippen LogP contribution in [0, 0.1) is 6.92 Å². The second-order valence-corrected chi connectivity index (χ2v) is 7.98. The standard InChI is InChI=1S/C24H20N2O6S/c1-15-21(33-24(29)26(15)14-19-11-12-20(32-19)23(28)30-2)22(27)25-16-7-6-10-18(13-16)31-17-8-4-3-5-9-17/h3-13H,14H2,1-2H3,(H,25,27). The van der Waals surface area contributed by atoms with E-state index in [4.69, 9.17) is 9.15 Å². The number of ether oxygens (including phenoxy) is 2. The van der Waals surface area contributed by atoms with Crippen LogP contribution in [0.5, 0.6) is 11.5 Å². The minimum absolute atomic E-state index is 0.0454. The largest absolute Gasteiger partial charge is 0.463 e. The first-order chi connectivity index (χ1) is 15.9. The predicted molar refractivity (Wildman–Crippen MR) is 123 cm³/mol. The van der Waals surface area contributed by atoms with E-state index in [1.807, 2.05) is 30.3 Å². The SMILES string of the molecule is COC(=O)c1ccc(Cn2c(C)c(C(=O)Nc3cccc(Oc4ccccc4)c3)sc2=O)o1. The first-order valence-corrected chi connectivity index (χ1v) is 10.8. The number of amides is 1. The Labute approximate surface area is 193 Å². The van der Waals surface area contributed by atoms with E-state index in [1.165, 1.54) is 17.7 Å². The van der Waals surface area contributed by atoms with E-state index >= 15 is 0 Å². The summed E-state index contributed by atoms with van der Waals surface area (Å²) in [5, 5.41) is 2.81. The molecular formula is C24H20N2O6S. The second kappa shape index (κ2) is 9.58. The fourth-order valence-electron chi connectivity index (χ4n) is 3.15. The van der Waals surface area contributed by atoms with Gasteiger partial charge in [-0.25, -0.2) is 4.79 Å². The highest BCUT2D eigenvalue weighted by atomic mass is 32.1. The average molecular weight is 464 g/mol. The molecule has 8 nitrogen and oxygen atoms in total. The van der Waals surface area contributed by atoms with E-state index < -0.39 is 11.9 Å². The summed E-state index contributed by atoms with van der Waals surface area (Å²) in [6.45, 7) is 1.78. The molecule has 0 aliphatic rings. The van der Waals surface area contributed by atoms with Gasteiger partial charge in [-0.2, -0.15) is 0 Å². The van der Waals surface area contributed by atoms with E-state index in [-0.39, 0.29) is 22.1 Å². The summed E-state index contributed by atoms with van der Waals surface area (Å²) in [6.07, 6.45) is 0. The number of benzene rings is 2. The van der Waals surface area contributed by atoms with Gasteiger partial charge in [0, 0.05) is 17.4 Å². The maximum absolute atomic E-state index is 12.9. The highest BCUT2D eigenvalue weighted by molar-refractivity contribution is 7.11. The first kappa shape index (κ1) is 22.1. The van der Waals surface area contributed by atoms with Crippen molar-refractivity contribution in [3.05, 3.63) is 98.5 Å². The van der Waals surface area contributed by atoms with Crippen LogP contribution in [0.15, 0.2) is 75.9 Å². The number of rotatable bonds is 7. The topological polar surface area (TPSA) is 99.8 Å². The number of aromatic nitrogens is 1. The van der Waals surface area contributed by atoms with Crippen molar-refractivity contribution in [2.45, 2.75) is 13.5 Å². The van der Waals surface area contributed by atoms with Crippen LogP contribution in [-0.2, 0) is 11.3 Å². The molecule has 0 atom stereocenters. The van der Waals surface area contributed by atoms with Crippen molar-refractivity contribution < 1.29 is 23.5 Å². The Morgan fingerprint density at radius 3 is 2.55 bits per heavy atom. The molecule has 2 aromatic carbocycles. The van der Waals surface area contributed by atoms with E-state index in [2.05, 4.69) is 10.1 Å². The predicted octanol–water partition coefficient (Wildman–Crippen LogP) is 4.69. The lowest BCUT2D eigenvalue weighted by Gasteiger charge is -2.09. The molecular weight excluding hydrogens is 444 g/mol. The number of hydrogen-bond donors (Lipinski definition) is 1. The van der Waals surface area contributed by atoms with Gasteiger partial charge in [0.25, 0.3) is 5.91 Å². The molecule has 4 rings (SSSR count). The van der Waals surface area contributed by atoms with E-state index in [0.717, 1.165) is 11.3 Å². The Morgan fingerprint density at radius 2 is 1.79 bits per heavy atom. The van der Waals surface area contributed by atoms with Crippen molar-refractivity contribution in [1.82, 2.24) is 4.57 Å². The molecule has 0 radical (unpaired) electrons. The second-order valence-electron chi connectivity index (χ2n) is 7.02. The lowest BCUT2D eigenvalue weighted by molar-refractivity contribution is 0.0562. The van der Waals surface area contributed by atoms with Crippen molar-refractivity contribution >= 4 is 28.9 Å². The average Bonchev–Trinajstić information content (AvgIpc) is 3.40. The van der Waals surface area contributed by atoms with Crippen molar-refractivity contribution in [3.63, 3.8) is 0 Å². The Morgan fingerprint density at radius 1 is 1.03 bits per heavy atom. The lowest BCUT2D eigenvalue weighted by atomic mass is 10.2. The molecule has 0 fully saturated rings. The summed E-state index contributed by atoms with van der Waals surface area (Å²) in [6, 6.07) is 19.4. The quantitative estimate of drug-likeness (QED) is 0.398. The van der Waals surface area contributed by atoms with Crippen LogP contribution in [-0.4, -0.2) is 23.6 Å². The van der Waals surface area contributed by atoms with Crippen LogP contribution < -0.4 is 14.9 Å². The number of esters is 1. The van der Waals surface area contributed by atoms with Crippen LogP contribution in [0.3, 0.4) is 0 Å². The fraction of sp³-hybridized carbons (Fsp3) is 0.125. The molecule has 0 unspecified atom stereocenters. The third kappa shape index (κ3) is 5.04. The van der Waals surface area contributed by atoms with Gasteiger partial charge in [-0.3, -0.25) is 14.2 Å². The molecule has 9 heteroatoms. The summed E-state index contributed by atoms with van der Waals surface area (Å²) >= 11 is 0.843. The minimum Gasteiger partial charge on any atom is -0.463 e. The molecule has 2 heterocycles. The highest BCUT2D eigenvalue weighted by Crippen LogP contribution is 2.25. The molecule has 4 aromatic rings. The molecule has 1 amide bonds. The molecule has 168 valence electrons. The van der Waals surface area contributed by atoms with Gasteiger partial charge in [-0.05, 0) is 43.3 Å². The Balaban J connectivity index is 1.49. The van der Waals surface area contributed by atoms with Crippen LogP contribution >= 0.6 is 11.3 Å². The van der Waals surface area contributed by atoms with Crippen molar-refractivity contribution in [2.24, 2.45) is 0 Å². The van der Waals surface area contributed by atoms with Crippen molar-refractivity contribution in [1.29, 1.82) is 0 Å². The number of furan rings is 1. The molecule has 0 saturated carbocycles. The third-order valence-electron chi connectivity index (χ3n) is 4.78. The zero-order valence-corrected chi connectivity index (χ0v) is 18.7. The molecule has 0 aliphatic carbocycles. The summed E-state index contributed by atoms with van der Waals surface area (Å²) in [5.41, 5.74) is 1.03. The number of nitrogens with zero attached hydrogens (tertiary/aromatic N) is 1. The first-order valence-electron chi connectivity index (χ1n) is 9.96. The summed E-state index contributed by atoms with van der Waals surface area (Å²) in [4.78, 5) is 36.9. The maximum Gasteiger partial charge on any atom is 0.373 e. The number of para-hydroxylation sites is 1. The third-order valence-corrected chi connectivity index (χ3v) is 5.86. The monoisotopic (exact) mass is 464 g/mol. The van der Waals surface area contributed by atoms with Gasteiger partial charge in [-0.1, -0.05) is 35.6 Å². The number of hydrogen-bond acceptors (Lipinski definition) is 7. The van der Waals surface area contributed by atoms with Gasteiger partial charge in [0.2, 0.25) is 5.76 Å². The lowest BCUT2D eigenvalue weighted by Crippen LogP contribution is -2.16. The Bertz CT molecular complexity index is 1350. The van der Waals surface area contributed by atoms with Gasteiger partial charge in [0.1, 0.15) is 22.1 Å². The molecule has 33 heavy (non-hydrogen) atoms. The smallest absolute Gasteiger partial charge is 0.373 e. The van der Waals surface area contributed by atoms with Crippen LogP contribution in [0.2, 0.25) is 0 Å². The number of anilines is 1.